The third kappa shape index (κ3) is 4.65. The van der Waals surface area contributed by atoms with E-state index in [1.165, 1.54) is 22.9 Å². The van der Waals surface area contributed by atoms with Gasteiger partial charge in [-0.15, -0.1) is 0 Å². The number of rotatable bonds is 4. The van der Waals surface area contributed by atoms with Crippen LogP contribution < -0.4 is 0 Å². The molecular formula is C23H31NO3S. The monoisotopic (exact) mass is 401 g/mol. The molecule has 3 rings (SSSR count). The molecule has 0 saturated heterocycles. The Morgan fingerprint density at radius 2 is 1.57 bits per heavy atom. The van der Waals surface area contributed by atoms with E-state index in [1.807, 2.05) is 0 Å². The molecule has 1 unspecified atom stereocenters. The molecule has 1 heterocycles. The molecule has 2 aromatic rings. The molecule has 0 aromatic heterocycles. The lowest BCUT2D eigenvalue weighted by Gasteiger charge is -2.35. The summed E-state index contributed by atoms with van der Waals surface area (Å²) in [5.41, 5.74) is 3.85. The van der Waals surface area contributed by atoms with Crippen LogP contribution in [0.15, 0.2) is 47.4 Å². The Kier molecular flexibility index (Phi) is 5.47. The predicted octanol–water partition coefficient (Wildman–Crippen LogP) is 3.65. The zero-order valence-corrected chi connectivity index (χ0v) is 18.3. The van der Waals surface area contributed by atoms with E-state index in [2.05, 4.69) is 43.9 Å². The summed E-state index contributed by atoms with van der Waals surface area (Å²) in [6.07, 6.45) is 2.17. The Morgan fingerprint density at radius 3 is 2.14 bits per heavy atom. The van der Waals surface area contributed by atoms with Crippen molar-refractivity contribution in [2.45, 2.75) is 56.6 Å². The van der Waals surface area contributed by atoms with Gasteiger partial charge in [-0.25, -0.2) is 8.42 Å². The van der Waals surface area contributed by atoms with Gasteiger partial charge in [0.1, 0.15) is 0 Å². The van der Waals surface area contributed by atoms with Crippen LogP contribution in [0.4, 0.5) is 0 Å². The number of sulfone groups is 1. The van der Waals surface area contributed by atoms with Gasteiger partial charge in [0.25, 0.3) is 0 Å². The van der Waals surface area contributed by atoms with Crippen molar-refractivity contribution in [1.29, 1.82) is 0 Å². The van der Waals surface area contributed by atoms with Crippen LogP contribution in [0.5, 0.6) is 0 Å². The Hall–Kier alpha value is -1.69. The average Bonchev–Trinajstić information content (AvgIpc) is 2.59. The zero-order valence-electron chi connectivity index (χ0n) is 17.5. The molecule has 0 spiro atoms. The lowest BCUT2D eigenvalue weighted by Crippen LogP contribution is -2.41. The molecule has 28 heavy (non-hydrogen) atoms. The van der Waals surface area contributed by atoms with Gasteiger partial charge >= 0.3 is 0 Å². The summed E-state index contributed by atoms with van der Waals surface area (Å²) in [5.74, 6) is 0. The Bertz CT molecular complexity index is 954. The van der Waals surface area contributed by atoms with Crippen LogP contribution in [0.25, 0.3) is 0 Å². The van der Waals surface area contributed by atoms with Crippen LogP contribution in [-0.4, -0.2) is 37.8 Å². The second-order valence-corrected chi connectivity index (χ2v) is 11.3. The van der Waals surface area contributed by atoms with Gasteiger partial charge in [0.2, 0.25) is 0 Å². The third-order valence-electron chi connectivity index (χ3n) is 5.60. The summed E-state index contributed by atoms with van der Waals surface area (Å²) in [4.78, 5) is 2.55. The fraction of sp³-hybridized carbons (Fsp3) is 0.478. The highest BCUT2D eigenvalue weighted by molar-refractivity contribution is 7.90. The molecule has 152 valence electrons. The first-order valence-corrected chi connectivity index (χ1v) is 11.6. The number of fused-ring (bicyclic) bond motifs is 1. The molecule has 0 amide bonds. The van der Waals surface area contributed by atoms with Crippen molar-refractivity contribution in [2.75, 3.05) is 19.3 Å². The van der Waals surface area contributed by atoms with Crippen LogP contribution in [0.3, 0.4) is 0 Å². The summed E-state index contributed by atoms with van der Waals surface area (Å²) < 4.78 is 23.3. The molecular weight excluding hydrogens is 370 g/mol. The Labute approximate surface area is 169 Å². The second kappa shape index (κ2) is 7.29. The smallest absolute Gasteiger partial charge is 0.175 e. The SMILES string of the molecule is CC(C)(C)c1ccc2c(c1)CN(CC(C)(O)c1ccc(S(C)(=O)=O)cc1)CC2. The number of hydrogen-bond acceptors (Lipinski definition) is 4. The van der Waals surface area contributed by atoms with Gasteiger partial charge in [0.05, 0.1) is 10.5 Å². The molecule has 5 heteroatoms. The quantitative estimate of drug-likeness (QED) is 0.850. The van der Waals surface area contributed by atoms with Gasteiger partial charge in [-0.1, -0.05) is 51.1 Å². The minimum Gasteiger partial charge on any atom is -0.384 e. The van der Waals surface area contributed by atoms with E-state index < -0.39 is 15.4 Å². The summed E-state index contributed by atoms with van der Waals surface area (Å²) in [5, 5.41) is 11.1. The normalized spacial score (nSPS) is 17.8. The number of hydrogen-bond donors (Lipinski definition) is 1. The molecule has 2 aromatic carbocycles. The molecule has 1 aliphatic heterocycles. The minimum absolute atomic E-state index is 0.115. The molecule has 0 saturated carbocycles. The summed E-state index contributed by atoms with van der Waals surface area (Å²) in [7, 11) is -3.23. The van der Waals surface area contributed by atoms with Crippen molar-refractivity contribution >= 4 is 9.84 Å². The van der Waals surface area contributed by atoms with Crippen LogP contribution in [0.1, 0.15) is 49.9 Å². The van der Waals surface area contributed by atoms with E-state index in [0.29, 0.717) is 6.54 Å². The van der Waals surface area contributed by atoms with E-state index in [9.17, 15) is 13.5 Å². The number of aliphatic hydroxyl groups is 1. The van der Waals surface area contributed by atoms with Gasteiger partial charge in [-0.2, -0.15) is 0 Å². The molecule has 1 aliphatic rings. The van der Waals surface area contributed by atoms with Gasteiger partial charge in [-0.3, -0.25) is 4.90 Å². The molecule has 1 atom stereocenters. The highest BCUT2D eigenvalue weighted by Gasteiger charge is 2.29. The molecule has 0 aliphatic carbocycles. The topological polar surface area (TPSA) is 57.6 Å². The summed E-state index contributed by atoms with van der Waals surface area (Å²) in [6, 6.07) is 13.3. The average molecular weight is 402 g/mol. The minimum atomic E-state index is -3.23. The van der Waals surface area contributed by atoms with Crippen molar-refractivity contribution in [3.05, 3.63) is 64.7 Å². The number of nitrogens with zero attached hydrogens (tertiary/aromatic N) is 1. The second-order valence-electron chi connectivity index (χ2n) is 9.26. The summed E-state index contributed by atoms with van der Waals surface area (Å²) >= 11 is 0. The molecule has 0 radical (unpaired) electrons. The molecule has 0 fully saturated rings. The Morgan fingerprint density at radius 1 is 0.964 bits per heavy atom. The first kappa shape index (κ1) is 21.0. The standard InChI is InChI=1S/C23H31NO3S/c1-22(2,3)20-7-6-17-12-13-24(15-18(17)14-20)16-23(4,25)19-8-10-21(11-9-19)28(5,26)27/h6-11,14,25H,12-13,15-16H2,1-5H3. The highest BCUT2D eigenvalue weighted by atomic mass is 32.2. The predicted molar refractivity (Wildman–Crippen MR) is 113 cm³/mol. The van der Waals surface area contributed by atoms with Crippen LogP contribution in [0, 0.1) is 0 Å². The fourth-order valence-electron chi connectivity index (χ4n) is 3.80. The van der Waals surface area contributed by atoms with Gasteiger partial charge < -0.3 is 5.11 Å². The van der Waals surface area contributed by atoms with Crippen LogP contribution >= 0.6 is 0 Å². The number of β-amino-alcohol motifs (C(OH)–C–C–N with tert-alkyl or cyclic N) is 1. The zero-order chi connectivity index (χ0) is 20.7. The Balaban J connectivity index is 1.77. The van der Waals surface area contributed by atoms with Gasteiger partial charge in [-0.05, 0) is 53.1 Å². The maximum Gasteiger partial charge on any atom is 0.175 e. The van der Waals surface area contributed by atoms with Gasteiger partial charge in [0, 0.05) is 25.9 Å². The lowest BCUT2D eigenvalue weighted by molar-refractivity contribution is 0.0117. The maximum atomic E-state index is 11.7. The maximum absolute atomic E-state index is 11.7. The van der Waals surface area contributed by atoms with Crippen molar-refractivity contribution in [3.8, 4) is 0 Å². The van der Waals surface area contributed by atoms with Crippen LogP contribution in [-0.2, 0) is 33.8 Å². The summed E-state index contributed by atoms with van der Waals surface area (Å²) in [6.45, 7) is 10.7. The lowest BCUT2D eigenvalue weighted by atomic mass is 9.84. The first-order chi connectivity index (χ1) is 12.9. The largest absolute Gasteiger partial charge is 0.384 e. The van der Waals surface area contributed by atoms with E-state index in [0.717, 1.165) is 25.1 Å². The third-order valence-corrected chi connectivity index (χ3v) is 6.73. The fourth-order valence-corrected chi connectivity index (χ4v) is 4.44. The molecule has 0 bridgehead atoms. The van der Waals surface area contributed by atoms with E-state index >= 15 is 0 Å². The van der Waals surface area contributed by atoms with Gasteiger partial charge in [0.15, 0.2) is 9.84 Å². The van der Waals surface area contributed by atoms with E-state index in [4.69, 9.17) is 0 Å². The van der Waals surface area contributed by atoms with Crippen LogP contribution in [0.2, 0.25) is 0 Å². The molecule has 4 nitrogen and oxygen atoms in total. The van der Waals surface area contributed by atoms with E-state index in [-0.39, 0.29) is 10.3 Å². The first-order valence-electron chi connectivity index (χ1n) is 9.74. The van der Waals surface area contributed by atoms with Crippen molar-refractivity contribution in [2.24, 2.45) is 0 Å². The van der Waals surface area contributed by atoms with E-state index in [1.54, 1.807) is 31.2 Å². The number of benzene rings is 2. The molecule has 1 N–H and O–H groups in total. The highest BCUT2D eigenvalue weighted by Crippen LogP contribution is 2.30. The van der Waals surface area contributed by atoms with Crippen molar-refractivity contribution in [3.63, 3.8) is 0 Å². The van der Waals surface area contributed by atoms with Crippen molar-refractivity contribution < 1.29 is 13.5 Å². The van der Waals surface area contributed by atoms with Crippen molar-refractivity contribution in [1.82, 2.24) is 4.90 Å².